The lowest BCUT2D eigenvalue weighted by Crippen LogP contribution is -2.44. The van der Waals surface area contributed by atoms with Gasteiger partial charge in [0.25, 0.3) is 0 Å². The van der Waals surface area contributed by atoms with Crippen molar-refractivity contribution in [1.29, 1.82) is 0 Å². The third-order valence-corrected chi connectivity index (χ3v) is 3.44. The highest BCUT2D eigenvalue weighted by Crippen LogP contribution is 2.15. The van der Waals surface area contributed by atoms with E-state index in [-0.39, 0.29) is 13.1 Å². The van der Waals surface area contributed by atoms with Gasteiger partial charge >= 0.3 is 17.8 Å². The van der Waals surface area contributed by atoms with Crippen molar-refractivity contribution in [2.75, 3.05) is 19.6 Å². The smallest absolute Gasteiger partial charge is 0.335 e. The van der Waals surface area contributed by atoms with E-state index in [9.17, 15) is 24.0 Å². The van der Waals surface area contributed by atoms with Crippen LogP contribution in [0.2, 0.25) is 0 Å². The Hall–Kier alpha value is -3.23. The van der Waals surface area contributed by atoms with Gasteiger partial charge in [0.2, 0.25) is 11.8 Å². The minimum Gasteiger partial charge on any atom is -0.355 e. The van der Waals surface area contributed by atoms with Gasteiger partial charge in [-0.2, -0.15) is 0 Å². The van der Waals surface area contributed by atoms with E-state index < -0.39 is 36.2 Å². The van der Waals surface area contributed by atoms with E-state index in [1.54, 1.807) is 37.3 Å². The van der Waals surface area contributed by atoms with Crippen LogP contribution in [-0.2, 0) is 25.7 Å². The average molecular weight is 346 g/mol. The zero-order chi connectivity index (χ0) is 18.4. The molecule has 9 nitrogen and oxygen atoms in total. The topological polar surface area (TPSA) is 116 Å². The van der Waals surface area contributed by atoms with Crippen LogP contribution in [0.5, 0.6) is 0 Å². The Morgan fingerprint density at radius 2 is 1.56 bits per heavy atom. The van der Waals surface area contributed by atoms with Crippen LogP contribution in [0.25, 0.3) is 0 Å². The van der Waals surface area contributed by atoms with Crippen LogP contribution in [0.3, 0.4) is 0 Å². The zero-order valence-corrected chi connectivity index (χ0v) is 13.7. The largest absolute Gasteiger partial charge is 0.355 e. The number of carbonyl (C=O) groups is 5. The fraction of sp³-hybridized carbons (Fsp3) is 0.312. The van der Waals surface area contributed by atoms with E-state index in [2.05, 4.69) is 10.6 Å². The summed E-state index contributed by atoms with van der Waals surface area (Å²) in [5.74, 6) is -3.14. The second-order valence-electron chi connectivity index (χ2n) is 5.28. The lowest BCUT2D eigenvalue weighted by molar-refractivity contribution is -0.144. The normalized spacial score (nSPS) is 14.0. The van der Waals surface area contributed by atoms with Crippen molar-refractivity contribution in [1.82, 2.24) is 20.4 Å². The molecule has 25 heavy (non-hydrogen) atoms. The SMILES string of the molecule is CCNC(=O)CNC(=O)CN1C(=O)C(=O)N(Cc2ccccc2)C1=O. The van der Waals surface area contributed by atoms with Gasteiger partial charge in [-0.25, -0.2) is 9.69 Å². The van der Waals surface area contributed by atoms with E-state index in [4.69, 9.17) is 0 Å². The van der Waals surface area contributed by atoms with Gasteiger partial charge < -0.3 is 10.6 Å². The number of nitrogens with one attached hydrogen (secondary N) is 2. The van der Waals surface area contributed by atoms with Gasteiger partial charge in [-0.05, 0) is 12.5 Å². The Labute approximate surface area is 144 Å². The molecular formula is C16H18N4O5. The van der Waals surface area contributed by atoms with Crippen molar-refractivity contribution in [3.05, 3.63) is 35.9 Å². The number of rotatable bonds is 7. The minimum atomic E-state index is -1.06. The monoisotopic (exact) mass is 346 g/mol. The highest BCUT2D eigenvalue weighted by Gasteiger charge is 2.45. The number of amides is 6. The molecule has 1 aliphatic heterocycles. The molecule has 0 saturated carbocycles. The number of carbonyl (C=O) groups excluding carboxylic acids is 5. The molecule has 9 heteroatoms. The molecule has 2 N–H and O–H groups in total. The van der Waals surface area contributed by atoms with Gasteiger partial charge in [-0.15, -0.1) is 0 Å². The van der Waals surface area contributed by atoms with E-state index >= 15 is 0 Å². The Bertz CT molecular complexity index is 704. The third-order valence-electron chi connectivity index (χ3n) is 3.44. The van der Waals surface area contributed by atoms with Crippen molar-refractivity contribution < 1.29 is 24.0 Å². The Morgan fingerprint density at radius 3 is 2.20 bits per heavy atom. The Balaban J connectivity index is 1.96. The number of urea groups is 1. The summed E-state index contributed by atoms with van der Waals surface area (Å²) in [7, 11) is 0. The molecule has 1 heterocycles. The average Bonchev–Trinajstić information content (AvgIpc) is 2.79. The van der Waals surface area contributed by atoms with E-state index in [0.717, 1.165) is 4.90 Å². The van der Waals surface area contributed by atoms with Crippen LogP contribution < -0.4 is 10.6 Å². The minimum absolute atomic E-state index is 0.0543. The summed E-state index contributed by atoms with van der Waals surface area (Å²) in [6, 6.07) is 7.85. The van der Waals surface area contributed by atoms with E-state index in [0.29, 0.717) is 17.0 Å². The summed E-state index contributed by atoms with van der Waals surface area (Å²) < 4.78 is 0. The molecule has 1 aliphatic rings. The molecule has 1 fully saturated rings. The first kappa shape index (κ1) is 18.1. The lowest BCUT2D eigenvalue weighted by Gasteiger charge is -2.15. The van der Waals surface area contributed by atoms with Crippen molar-refractivity contribution in [3.8, 4) is 0 Å². The van der Waals surface area contributed by atoms with Crippen molar-refractivity contribution >= 4 is 29.7 Å². The lowest BCUT2D eigenvalue weighted by atomic mass is 10.2. The summed E-state index contributed by atoms with van der Waals surface area (Å²) in [5.41, 5.74) is 0.680. The van der Waals surface area contributed by atoms with Crippen LogP contribution in [0.15, 0.2) is 30.3 Å². The fourth-order valence-corrected chi connectivity index (χ4v) is 2.23. The molecule has 6 amide bonds. The Morgan fingerprint density at radius 1 is 0.920 bits per heavy atom. The standard InChI is InChI=1S/C16H18N4O5/c1-2-17-12(21)8-18-13(22)10-20-15(24)14(23)19(16(20)25)9-11-6-4-3-5-7-11/h3-7H,2,8-10H2,1H3,(H,17,21)(H,18,22). The molecule has 0 unspecified atom stereocenters. The van der Waals surface area contributed by atoms with Crippen LogP contribution in [-0.4, -0.2) is 59.1 Å². The number of hydrogen-bond acceptors (Lipinski definition) is 5. The van der Waals surface area contributed by atoms with Gasteiger partial charge in [0.1, 0.15) is 6.54 Å². The van der Waals surface area contributed by atoms with Crippen LogP contribution in [0.1, 0.15) is 12.5 Å². The molecule has 0 spiro atoms. The zero-order valence-electron chi connectivity index (χ0n) is 13.7. The van der Waals surface area contributed by atoms with Crippen LogP contribution >= 0.6 is 0 Å². The maximum Gasteiger partial charge on any atom is 0.335 e. The number of hydrogen-bond donors (Lipinski definition) is 2. The molecule has 0 aliphatic carbocycles. The van der Waals surface area contributed by atoms with Crippen molar-refractivity contribution in [2.45, 2.75) is 13.5 Å². The molecule has 1 aromatic carbocycles. The van der Waals surface area contributed by atoms with E-state index in [1.165, 1.54) is 0 Å². The summed E-state index contributed by atoms with van der Waals surface area (Å²) in [6.45, 7) is 1.20. The molecule has 0 atom stereocenters. The highest BCUT2D eigenvalue weighted by atomic mass is 16.2. The van der Waals surface area contributed by atoms with Gasteiger partial charge in [-0.3, -0.25) is 24.1 Å². The maximum atomic E-state index is 12.3. The quantitative estimate of drug-likeness (QED) is 0.497. The second kappa shape index (κ2) is 8.04. The summed E-state index contributed by atoms with van der Waals surface area (Å²) >= 11 is 0. The summed E-state index contributed by atoms with van der Waals surface area (Å²) in [5, 5.41) is 4.78. The first-order chi connectivity index (χ1) is 11.9. The number of imide groups is 2. The van der Waals surface area contributed by atoms with Crippen LogP contribution in [0, 0.1) is 0 Å². The van der Waals surface area contributed by atoms with Crippen LogP contribution in [0.4, 0.5) is 4.79 Å². The summed E-state index contributed by atoms with van der Waals surface area (Å²) in [6.07, 6.45) is 0. The maximum absolute atomic E-state index is 12.3. The molecule has 132 valence electrons. The predicted molar refractivity (Wildman–Crippen MR) is 85.8 cm³/mol. The molecule has 1 aromatic rings. The Kier molecular flexibility index (Phi) is 5.83. The van der Waals surface area contributed by atoms with Gasteiger partial charge in [0.05, 0.1) is 13.1 Å². The number of benzene rings is 1. The second-order valence-corrected chi connectivity index (χ2v) is 5.28. The number of likely N-dealkylation sites (N-methyl/N-ethyl adjacent to an activating group) is 1. The van der Waals surface area contributed by atoms with Crippen molar-refractivity contribution in [3.63, 3.8) is 0 Å². The molecule has 2 rings (SSSR count). The first-order valence-electron chi connectivity index (χ1n) is 7.68. The molecule has 1 saturated heterocycles. The number of nitrogens with zero attached hydrogens (tertiary/aromatic N) is 2. The highest BCUT2D eigenvalue weighted by molar-refractivity contribution is 6.44. The first-order valence-corrected chi connectivity index (χ1v) is 7.68. The fourth-order valence-electron chi connectivity index (χ4n) is 2.23. The van der Waals surface area contributed by atoms with Gasteiger partial charge in [0.15, 0.2) is 0 Å². The van der Waals surface area contributed by atoms with Crippen molar-refractivity contribution in [2.24, 2.45) is 0 Å². The van der Waals surface area contributed by atoms with Gasteiger partial charge in [-0.1, -0.05) is 30.3 Å². The summed E-state index contributed by atoms with van der Waals surface area (Å²) in [4.78, 5) is 60.6. The van der Waals surface area contributed by atoms with E-state index in [1.807, 2.05) is 0 Å². The molecular weight excluding hydrogens is 328 g/mol. The molecule has 0 radical (unpaired) electrons. The molecule has 0 bridgehead atoms. The third kappa shape index (κ3) is 4.40. The molecule has 0 aromatic heterocycles. The van der Waals surface area contributed by atoms with Gasteiger partial charge in [0, 0.05) is 6.54 Å². The predicted octanol–water partition coefficient (Wildman–Crippen LogP) is -0.770.